The second kappa shape index (κ2) is 5.77. The van der Waals surface area contributed by atoms with E-state index in [1.807, 2.05) is 0 Å². The van der Waals surface area contributed by atoms with Crippen LogP contribution in [0.15, 0.2) is 18.2 Å². The molecule has 0 radical (unpaired) electrons. The van der Waals surface area contributed by atoms with Crippen molar-refractivity contribution in [3.8, 4) is 0 Å². The van der Waals surface area contributed by atoms with Gasteiger partial charge in [-0.3, -0.25) is 0 Å². The molecule has 1 N–H and O–H groups in total. The van der Waals surface area contributed by atoms with Crippen molar-refractivity contribution in [1.29, 1.82) is 0 Å². The van der Waals surface area contributed by atoms with Crippen LogP contribution in [0, 0.1) is 12.3 Å². The highest BCUT2D eigenvalue weighted by molar-refractivity contribution is 5.54. The van der Waals surface area contributed by atoms with Gasteiger partial charge in [0.1, 0.15) is 0 Å². The fourth-order valence-electron chi connectivity index (χ4n) is 4.19. The quantitative estimate of drug-likeness (QED) is 0.879. The summed E-state index contributed by atoms with van der Waals surface area (Å²) in [6.07, 6.45) is 10.0. The highest BCUT2D eigenvalue weighted by atomic mass is 16.3. The van der Waals surface area contributed by atoms with Gasteiger partial charge in [-0.2, -0.15) is 0 Å². The zero-order valence-corrected chi connectivity index (χ0v) is 12.7. The summed E-state index contributed by atoms with van der Waals surface area (Å²) >= 11 is 0. The standard InChI is InChI=1S/C18H27NO/c1-15-13-16(14-20)5-6-17(15)19-11-9-18(10-12-19)7-3-2-4-8-18/h5-6,13,20H,2-4,7-12,14H2,1H3. The fraction of sp³-hybridized carbons (Fsp3) is 0.667. The summed E-state index contributed by atoms with van der Waals surface area (Å²) in [6, 6.07) is 6.38. The molecule has 1 aliphatic heterocycles. The summed E-state index contributed by atoms with van der Waals surface area (Å²) in [5.74, 6) is 0. The number of hydrogen-bond acceptors (Lipinski definition) is 2. The Hall–Kier alpha value is -1.02. The largest absolute Gasteiger partial charge is 0.392 e. The predicted octanol–water partition coefficient (Wildman–Crippen LogP) is 4.04. The summed E-state index contributed by atoms with van der Waals surface area (Å²) in [6.45, 7) is 4.72. The molecule has 1 saturated heterocycles. The molecule has 0 amide bonds. The predicted molar refractivity (Wildman–Crippen MR) is 84.1 cm³/mol. The van der Waals surface area contributed by atoms with E-state index in [2.05, 4.69) is 30.0 Å². The van der Waals surface area contributed by atoms with Crippen molar-refractivity contribution in [1.82, 2.24) is 0 Å². The average Bonchev–Trinajstić information content (AvgIpc) is 2.49. The number of anilines is 1. The van der Waals surface area contributed by atoms with Crippen LogP contribution in [0.1, 0.15) is 56.1 Å². The molecular weight excluding hydrogens is 246 g/mol. The molecule has 110 valence electrons. The fourth-order valence-corrected chi connectivity index (χ4v) is 4.19. The Bertz CT molecular complexity index is 452. The summed E-state index contributed by atoms with van der Waals surface area (Å²) in [7, 11) is 0. The summed E-state index contributed by atoms with van der Waals surface area (Å²) in [5.41, 5.74) is 4.37. The van der Waals surface area contributed by atoms with Crippen molar-refractivity contribution >= 4 is 5.69 Å². The van der Waals surface area contributed by atoms with E-state index in [9.17, 15) is 5.11 Å². The van der Waals surface area contributed by atoms with E-state index >= 15 is 0 Å². The molecule has 20 heavy (non-hydrogen) atoms. The molecule has 1 spiro atoms. The van der Waals surface area contributed by atoms with Crippen molar-refractivity contribution < 1.29 is 5.11 Å². The first-order chi connectivity index (χ1) is 9.72. The average molecular weight is 273 g/mol. The van der Waals surface area contributed by atoms with E-state index in [0.29, 0.717) is 5.41 Å². The number of rotatable bonds is 2. The molecule has 3 rings (SSSR count). The van der Waals surface area contributed by atoms with Crippen LogP contribution >= 0.6 is 0 Å². The molecular formula is C18H27NO. The highest BCUT2D eigenvalue weighted by Crippen LogP contribution is 2.45. The lowest BCUT2D eigenvalue weighted by atomic mass is 9.68. The van der Waals surface area contributed by atoms with Crippen LogP contribution in [0.25, 0.3) is 0 Å². The first-order valence-electron chi connectivity index (χ1n) is 8.18. The molecule has 1 aromatic carbocycles. The maximum absolute atomic E-state index is 9.22. The Morgan fingerprint density at radius 1 is 1.05 bits per heavy atom. The molecule has 2 nitrogen and oxygen atoms in total. The van der Waals surface area contributed by atoms with Crippen LogP contribution in [0.3, 0.4) is 0 Å². The van der Waals surface area contributed by atoms with Gasteiger partial charge >= 0.3 is 0 Å². The van der Waals surface area contributed by atoms with E-state index in [1.54, 1.807) is 0 Å². The number of piperidine rings is 1. The van der Waals surface area contributed by atoms with E-state index < -0.39 is 0 Å². The Morgan fingerprint density at radius 2 is 1.75 bits per heavy atom. The van der Waals surface area contributed by atoms with Crippen molar-refractivity contribution in [2.24, 2.45) is 5.41 Å². The third-order valence-electron chi connectivity index (χ3n) is 5.52. The van der Waals surface area contributed by atoms with Gasteiger partial charge in [-0.15, -0.1) is 0 Å². The minimum atomic E-state index is 0.143. The van der Waals surface area contributed by atoms with Gasteiger partial charge in [0.2, 0.25) is 0 Å². The molecule has 0 aromatic heterocycles. The van der Waals surface area contributed by atoms with Crippen molar-refractivity contribution in [3.05, 3.63) is 29.3 Å². The molecule has 1 saturated carbocycles. The van der Waals surface area contributed by atoms with Gasteiger partial charge in [0, 0.05) is 18.8 Å². The molecule has 0 bridgehead atoms. The van der Waals surface area contributed by atoms with E-state index in [4.69, 9.17) is 0 Å². The van der Waals surface area contributed by atoms with Crippen molar-refractivity contribution in [2.45, 2.75) is 58.5 Å². The second-order valence-electron chi connectivity index (χ2n) is 6.83. The Balaban J connectivity index is 1.68. The number of nitrogens with zero attached hydrogens (tertiary/aromatic N) is 1. The molecule has 2 heteroatoms. The van der Waals surface area contributed by atoms with Crippen LogP contribution in [-0.2, 0) is 6.61 Å². The minimum Gasteiger partial charge on any atom is -0.392 e. The summed E-state index contributed by atoms with van der Waals surface area (Å²) < 4.78 is 0. The topological polar surface area (TPSA) is 23.5 Å². The molecule has 0 unspecified atom stereocenters. The maximum atomic E-state index is 9.22. The molecule has 2 fully saturated rings. The Labute approximate surface area is 122 Å². The number of hydrogen-bond donors (Lipinski definition) is 1. The third-order valence-corrected chi connectivity index (χ3v) is 5.52. The lowest BCUT2D eigenvalue weighted by Crippen LogP contribution is -2.41. The Kier molecular flexibility index (Phi) is 4.02. The molecule has 1 aromatic rings. The first-order valence-corrected chi connectivity index (χ1v) is 8.18. The maximum Gasteiger partial charge on any atom is 0.0681 e. The first kappa shape index (κ1) is 13.9. The van der Waals surface area contributed by atoms with Crippen LogP contribution in [0.4, 0.5) is 5.69 Å². The summed E-state index contributed by atoms with van der Waals surface area (Å²) in [5, 5.41) is 9.22. The second-order valence-corrected chi connectivity index (χ2v) is 6.83. The number of aliphatic hydroxyl groups is 1. The molecule has 2 aliphatic rings. The van der Waals surface area contributed by atoms with E-state index in [-0.39, 0.29) is 6.61 Å². The highest BCUT2D eigenvalue weighted by Gasteiger charge is 2.35. The third kappa shape index (κ3) is 2.71. The van der Waals surface area contributed by atoms with Gasteiger partial charge in [-0.25, -0.2) is 0 Å². The van der Waals surface area contributed by atoms with Gasteiger partial charge in [-0.05, 0) is 55.2 Å². The van der Waals surface area contributed by atoms with Gasteiger partial charge in [0.25, 0.3) is 0 Å². The molecule has 1 heterocycles. The number of aryl methyl sites for hydroxylation is 1. The minimum absolute atomic E-state index is 0.143. The van der Waals surface area contributed by atoms with Gasteiger partial charge in [0.15, 0.2) is 0 Å². The van der Waals surface area contributed by atoms with Crippen LogP contribution in [0.2, 0.25) is 0 Å². The zero-order valence-electron chi connectivity index (χ0n) is 12.7. The van der Waals surface area contributed by atoms with Crippen molar-refractivity contribution in [3.63, 3.8) is 0 Å². The van der Waals surface area contributed by atoms with E-state index in [0.717, 1.165) is 5.56 Å². The smallest absolute Gasteiger partial charge is 0.0681 e. The number of aliphatic hydroxyl groups excluding tert-OH is 1. The number of benzene rings is 1. The SMILES string of the molecule is Cc1cc(CO)ccc1N1CCC2(CCCCC2)CC1. The van der Waals surface area contributed by atoms with Crippen molar-refractivity contribution in [2.75, 3.05) is 18.0 Å². The van der Waals surface area contributed by atoms with Crippen LogP contribution < -0.4 is 4.90 Å². The zero-order chi connectivity index (χ0) is 14.0. The molecule has 1 aliphatic carbocycles. The lowest BCUT2D eigenvalue weighted by Gasteiger charge is -2.45. The normalized spacial score (nSPS) is 22.2. The van der Waals surface area contributed by atoms with E-state index in [1.165, 1.54) is 69.3 Å². The Morgan fingerprint density at radius 3 is 2.35 bits per heavy atom. The molecule has 0 atom stereocenters. The van der Waals surface area contributed by atoms with Gasteiger partial charge in [0.05, 0.1) is 6.61 Å². The van der Waals surface area contributed by atoms with Gasteiger partial charge in [-0.1, -0.05) is 31.4 Å². The van der Waals surface area contributed by atoms with Crippen LogP contribution in [-0.4, -0.2) is 18.2 Å². The van der Waals surface area contributed by atoms with Gasteiger partial charge < -0.3 is 10.0 Å². The summed E-state index contributed by atoms with van der Waals surface area (Å²) in [4.78, 5) is 2.55. The monoisotopic (exact) mass is 273 g/mol. The van der Waals surface area contributed by atoms with Crippen LogP contribution in [0.5, 0.6) is 0 Å². The lowest BCUT2D eigenvalue weighted by molar-refractivity contribution is 0.144.